The molecule has 0 saturated carbocycles. The summed E-state index contributed by atoms with van der Waals surface area (Å²) in [7, 11) is 1.70. The Morgan fingerprint density at radius 3 is 2.32 bits per heavy atom. The highest BCUT2D eigenvalue weighted by Gasteiger charge is 2.38. The summed E-state index contributed by atoms with van der Waals surface area (Å²) in [4.78, 5) is 27.1. The van der Waals surface area contributed by atoms with Crippen molar-refractivity contribution >= 4 is 11.9 Å². The van der Waals surface area contributed by atoms with Gasteiger partial charge in [0, 0.05) is 6.54 Å². The van der Waals surface area contributed by atoms with Crippen molar-refractivity contribution in [3.8, 4) is 0 Å². The van der Waals surface area contributed by atoms with E-state index in [4.69, 9.17) is 0 Å². The number of hydrogen-bond donors (Lipinski definition) is 1. The van der Waals surface area contributed by atoms with E-state index in [0.29, 0.717) is 18.5 Å². The van der Waals surface area contributed by atoms with Crippen LogP contribution in [0.1, 0.15) is 31.4 Å². The fourth-order valence-electron chi connectivity index (χ4n) is 2.74. The molecule has 1 fully saturated rings. The molecule has 1 saturated heterocycles. The Bertz CT molecular complexity index is 629. The number of hydrogen-bond acceptors (Lipinski definition) is 3. The molecule has 1 N–H and O–H groups in total. The van der Waals surface area contributed by atoms with Crippen molar-refractivity contribution in [2.45, 2.75) is 39.0 Å². The zero-order chi connectivity index (χ0) is 18.8. The van der Waals surface area contributed by atoms with Crippen molar-refractivity contribution in [1.29, 1.82) is 0 Å². The summed E-state index contributed by atoms with van der Waals surface area (Å²) in [5, 5.41) is 2.66. The van der Waals surface area contributed by atoms with Crippen LogP contribution in [0.3, 0.4) is 0 Å². The number of carbonyl (C=O) groups is 2. The van der Waals surface area contributed by atoms with Gasteiger partial charge in [0.2, 0.25) is 0 Å². The van der Waals surface area contributed by atoms with Gasteiger partial charge in [-0.15, -0.1) is 0 Å². The lowest BCUT2D eigenvalue weighted by molar-refractivity contribution is -0.137. The number of nitrogens with one attached hydrogen (secondary N) is 1. The van der Waals surface area contributed by atoms with Gasteiger partial charge >= 0.3 is 12.2 Å². The van der Waals surface area contributed by atoms with E-state index in [1.165, 1.54) is 12.1 Å². The highest BCUT2D eigenvalue weighted by atomic mass is 19.4. The van der Waals surface area contributed by atoms with Gasteiger partial charge in [-0.25, -0.2) is 9.69 Å². The normalized spacial score (nSPS) is 18.4. The molecule has 1 aliphatic rings. The Labute approximate surface area is 144 Å². The molecular formula is C17H22F3N3O2. The summed E-state index contributed by atoms with van der Waals surface area (Å²) < 4.78 is 37.7. The summed E-state index contributed by atoms with van der Waals surface area (Å²) in [6, 6.07) is 3.90. The number of benzene rings is 1. The molecule has 1 atom stereocenters. The average Bonchev–Trinajstić information content (AvgIpc) is 2.74. The number of rotatable bonds is 6. The Morgan fingerprint density at radius 2 is 1.80 bits per heavy atom. The van der Waals surface area contributed by atoms with Gasteiger partial charge in [0.05, 0.1) is 12.2 Å². The van der Waals surface area contributed by atoms with Gasteiger partial charge in [-0.1, -0.05) is 26.0 Å². The summed E-state index contributed by atoms with van der Waals surface area (Å²) in [5.41, 5.74) is -0.0363. The first-order valence-corrected chi connectivity index (χ1v) is 8.04. The molecule has 0 bridgehead atoms. The van der Waals surface area contributed by atoms with Gasteiger partial charge in [-0.2, -0.15) is 13.2 Å². The second-order valence-electron chi connectivity index (χ2n) is 6.75. The van der Waals surface area contributed by atoms with Crippen LogP contribution in [0.4, 0.5) is 18.0 Å². The fraction of sp³-hybridized carbons (Fsp3) is 0.529. The molecule has 1 heterocycles. The lowest BCUT2D eigenvalue weighted by Crippen LogP contribution is -2.40. The Hall–Kier alpha value is -2.09. The van der Waals surface area contributed by atoms with Crippen LogP contribution in [0.25, 0.3) is 0 Å². The quantitative estimate of drug-likeness (QED) is 0.796. The molecule has 0 spiro atoms. The molecule has 2 rings (SSSR count). The standard InChI is InChI=1S/C17H22F3N3O2/c1-11(2)8-14-15(24)23(16(25)21-14)10-22(3)9-12-4-6-13(7-5-12)17(18,19)20/h4-7,11,14H,8-10H2,1-3H3,(H,21,25). The van der Waals surface area contributed by atoms with Crippen LogP contribution < -0.4 is 5.32 Å². The Balaban J connectivity index is 1.95. The molecule has 0 radical (unpaired) electrons. The van der Waals surface area contributed by atoms with Gasteiger partial charge in [0.15, 0.2) is 0 Å². The summed E-state index contributed by atoms with van der Waals surface area (Å²) in [6.07, 6.45) is -3.79. The van der Waals surface area contributed by atoms with Crippen LogP contribution >= 0.6 is 0 Å². The second kappa shape index (κ2) is 7.43. The van der Waals surface area contributed by atoms with Crippen LogP contribution in [0.15, 0.2) is 24.3 Å². The van der Waals surface area contributed by atoms with Gasteiger partial charge in [0.1, 0.15) is 6.04 Å². The topological polar surface area (TPSA) is 52.7 Å². The first-order chi connectivity index (χ1) is 11.6. The lowest BCUT2D eigenvalue weighted by atomic mass is 10.0. The largest absolute Gasteiger partial charge is 0.416 e. The van der Waals surface area contributed by atoms with Crippen LogP contribution in [0.2, 0.25) is 0 Å². The van der Waals surface area contributed by atoms with Crippen molar-refractivity contribution < 1.29 is 22.8 Å². The minimum absolute atomic E-state index is 0.0836. The molecular weight excluding hydrogens is 335 g/mol. The average molecular weight is 357 g/mol. The van der Waals surface area contributed by atoms with Crippen molar-refractivity contribution in [2.24, 2.45) is 5.92 Å². The van der Waals surface area contributed by atoms with E-state index in [9.17, 15) is 22.8 Å². The maximum atomic E-state index is 12.6. The predicted octanol–water partition coefficient (Wildman–Crippen LogP) is 3.06. The molecule has 0 aliphatic carbocycles. The highest BCUT2D eigenvalue weighted by Crippen LogP contribution is 2.29. The van der Waals surface area contributed by atoms with E-state index in [1.807, 2.05) is 13.8 Å². The Morgan fingerprint density at radius 1 is 1.20 bits per heavy atom. The number of imide groups is 1. The number of carbonyl (C=O) groups excluding carboxylic acids is 2. The molecule has 25 heavy (non-hydrogen) atoms. The van der Waals surface area contributed by atoms with Gasteiger partial charge < -0.3 is 5.32 Å². The van der Waals surface area contributed by atoms with Crippen molar-refractivity contribution in [1.82, 2.24) is 15.1 Å². The van der Waals surface area contributed by atoms with Crippen molar-refractivity contribution in [3.05, 3.63) is 35.4 Å². The minimum Gasteiger partial charge on any atom is -0.326 e. The van der Waals surface area contributed by atoms with Crippen LogP contribution in [-0.4, -0.2) is 41.5 Å². The smallest absolute Gasteiger partial charge is 0.326 e. The molecule has 3 amide bonds. The zero-order valence-electron chi connectivity index (χ0n) is 14.4. The summed E-state index contributed by atoms with van der Waals surface area (Å²) in [6.45, 7) is 4.35. The molecule has 5 nitrogen and oxygen atoms in total. The number of urea groups is 1. The number of halogens is 3. The number of alkyl halides is 3. The first kappa shape index (κ1) is 19.2. The van der Waals surface area contributed by atoms with Gasteiger partial charge in [-0.3, -0.25) is 9.69 Å². The summed E-state index contributed by atoms with van der Waals surface area (Å²) in [5.74, 6) is 0.0112. The minimum atomic E-state index is -4.37. The third kappa shape index (κ3) is 4.94. The van der Waals surface area contributed by atoms with E-state index >= 15 is 0 Å². The van der Waals surface area contributed by atoms with Crippen molar-refractivity contribution in [2.75, 3.05) is 13.7 Å². The van der Waals surface area contributed by atoms with E-state index < -0.39 is 23.8 Å². The zero-order valence-corrected chi connectivity index (χ0v) is 14.4. The predicted molar refractivity (Wildman–Crippen MR) is 86.4 cm³/mol. The van der Waals surface area contributed by atoms with E-state index in [2.05, 4.69) is 5.32 Å². The molecule has 1 unspecified atom stereocenters. The lowest BCUT2D eigenvalue weighted by Gasteiger charge is -2.22. The third-order valence-corrected chi connectivity index (χ3v) is 3.93. The van der Waals surface area contributed by atoms with Crippen molar-refractivity contribution in [3.63, 3.8) is 0 Å². The maximum Gasteiger partial charge on any atom is 0.416 e. The molecule has 1 aliphatic heterocycles. The van der Waals surface area contributed by atoms with Crippen LogP contribution in [0, 0.1) is 5.92 Å². The first-order valence-electron chi connectivity index (χ1n) is 8.04. The van der Waals surface area contributed by atoms with E-state index in [0.717, 1.165) is 17.0 Å². The van der Waals surface area contributed by atoms with E-state index in [-0.39, 0.29) is 18.5 Å². The maximum absolute atomic E-state index is 12.6. The molecule has 8 heteroatoms. The van der Waals surface area contributed by atoms with Gasteiger partial charge in [0.25, 0.3) is 5.91 Å². The van der Waals surface area contributed by atoms with Crippen LogP contribution in [0.5, 0.6) is 0 Å². The molecule has 1 aromatic rings. The SMILES string of the molecule is CC(C)CC1NC(=O)N(CN(C)Cc2ccc(C(F)(F)F)cc2)C1=O. The molecule has 138 valence electrons. The van der Waals surface area contributed by atoms with Gasteiger partial charge in [-0.05, 0) is 37.1 Å². The molecule has 0 aromatic heterocycles. The molecule has 1 aromatic carbocycles. The third-order valence-electron chi connectivity index (χ3n) is 3.93. The Kier molecular flexibility index (Phi) is 5.72. The highest BCUT2D eigenvalue weighted by molar-refractivity contribution is 6.04. The fourth-order valence-corrected chi connectivity index (χ4v) is 2.74. The summed E-state index contributed by atoms with van der Waals surface area (Å²) >= 11 is 0. The number of nitrogens with zero attached hydrogens (tertiary/aromatic N) is 2. The van der Waals surface area contributed by atoms with Crippen LogP contribution in [-0.2, 0) is 17.5 Å². The number of amides is 3. The second-order valence-corrected chi connectivity index (χ2v) is 6.75. The van der Waals surface area contributed by atoms with E-state index in [1.54, 1.807) is 11.9 Å². The monoisotopic (exact) mass is 357 g/mol.